The van der Waals surface area contributed by atoms with Crippen molar-refractivity contribution in [3.8, 4) is 6.07 Å². The highest BCUT2D eigenvalue weighted by molar-refractivity contribution is 5.38. The second-order valence-electron chi connectivity index (χ2n) is 4.25. The molecule has 2 aromatic rings. The molecule has 2 rings (SSSR count). The fourth-order valence-electron chi connectivity index (χ4n) is 1.90. The molecule has 0 fully saturated rings. The number of alkyl halides is 3. The molecule has 7 heteroatoms. The molecule has 0 atom stereocenters. The van der Waals surface area contributed by atoms with Gasteiger partial charge in [0.1, 0.15) is 11.5 Å². The van der Waals surface area contributed by atoms with Crippen LogP contribution < -0.4 is 5.56 Å². The van der Waals surface area contributed by atoms with Gasteiger partial charge in [-0.05, 0) is 29.8 Å². The van der Waals surface area contributed by atoms with Gasteiger partial charge < -0.3 is 0 Å². The van der Waals surface area contributed by atoms with Crippen molar-refractivity contribution in [1.82, 2.24) is 4.57 Å². The summed E-state index contributed by atoms with van der Waals surface area (Å²) in [4.78, 5) is 11.7. The summed E-state index contributed by atoms with van der Waals surface area (Å²) in [5.41, 5.74) is -2.00. The molecule has 0 spiro atoms. The van der Waals surface area contributed by atoms with Gasteiger partial charge in [0.2, 0.25) is 0 Å². The number of rotatable bonds is 2. The minimum absolute atomic E-state index is 0.0105. The van der Waals surface area contributed by atoms with Crippen LogP contribution in [-0.2, 0) is 12.7 Å². The van der Waals surface area contributed by atoms with E-state index in [1.54, 1.807) is 6.07 Å². The first-order valence-electron chi connectivity index (χ1n) is 5.78. The standard InChI is InChI=1S/C14H8F4N2O/c15-11-5-4-9(7-19)10(6-11)8-20-12(14(16,17)18)2-1-3-13(20)21/h1-6H,8H2. The lowest BCUT2D eigenvalue weighted by Crippen LogP contribution is -2.27. The number of nitriles is 1. The normalized spacial score (nSPS) is 11.2. The first-order chi connectivity index (χ1) is 9.82. The van der Waals surface area contributed by atoms with E-state index >= 15 is 0 Å². The third-order valence-electron chi connectivity index (χ3n) is 2.86. The molecule has 1 heterocycles. The Morgan fingerprint density at radius 3 is 2.52 bits per heavy atom. The second-order valence-corrected chi connectivity index (χ2v) is 4.25. The maximum atomic E-state index is 13.2. The Bertz CT molecular complexity index is 772. The van der Waals surface area contributed by atoms with Gasteiger partial charge in [0.05, 0.1) is 18.2 Å². The summed E-state index contributed by atoms with van der Waals surface area (Å²) in [7, 11) is 0. The summed E-state index contributed by atoms with van der Waals surface area (Å²) in [6.07, 6.45) is -4.72. The smallest absolute Gasteiger partial charge is 0.300 e. The van der Waals surface area contributed by atoms with Crippen LogP contribution in [0.4, 0.5) is 17.6 Å². The van der Waals surface area contributed by atoms with Gasteiger partial charge in [-0.3, -0.25) is 9.36 Å². The van der Waals surface area contributed by atoms with E-state index in [0.717, 1.165) is 36.4 Å². The maximum Gasteiger partial charge on any atom is 0.431 e. The Kier molecular flexibility index (Phi) is 3.80. The van der Waals surface area contributed by atoms with Crippen molar-refractivity contribution in [3.63, 3.8) is 0 Å². The SMILES string of the molecule is N#Cc1ccc(F)cc1Cn1c(C(F)(F)F)cccc1=O. The Morgan fingerprint density at radius 1 is 1.19 bits per heavy atom. The summed E-state index contributed by atoms with van der Waals surface area (Å²) >= 11 is 0. The molecule has 1 aromatic heterocycles. The topological polar surface area (TPSA) is 45.8 Å². The maximum absolute atomic E-state index is 13.2. The summed E-state index contributed by atoms with van der Waals surface area (Å²) < 4.78 is 52.4. The van der Waals surface area contributed by atoms with Gasteiger partial charge in [0, 0.05) is 6.07 Å². The van der Waals surface area contributed by atoms with Gasteiger partial charge in [0.25, 0.3) is 5.56 Å². The lowest BCUT2D eigenvalue weighted by molar-refractivity contribution is -0.144. The van der Waals surface area contributed by atoms with Gasteiger partial charge in [-0.15, -0.1) is 0 Å². The molecule has 108 valence electrons. The molecule has 0 aliphatic carbocycles. The molecule has 0 N–H and O–H groups in total. The minimum Gasteiger partial charge on any atom is -0.300 e. The zero-order chi connectivity index (χ0) is 15.6. The summed E-state index contributed by atoms with van der Waals surface area (Å²) in [5, 5.41) is 8.90. The van der Waals surface area contributed by atoms with Crippen molar-refractivity contribution in [2.75, 3.05) is 0 Å². The molecular weight excluding hydrogens is 288 g/mol. The van der Waals surface area contributed by atoms with Crippen LogP contribution in [0.5, 0.6) is 0 Å². The van der Waals surface area contributed by atoms with Gasteiger partial charge in [-0.2, -0.15) is 18.4 Å². The fraction of sp³-hybridized carbons (Fsp3) is 0.143. The molecule has 21 heavy (non-hydrogen) atoms. The van der Waals surface area contributed by atoms with E-state index in [4.69, 9.17) is 5.26 Å². The van der Waals surface area contributed by atoms with Gasteiger partial charge in [-0.1, -0.05) is 6.07 Å². The second kappa shape index (κ2) is 5.40. The van der Waals surface area contributed by atoms with E-state index in [2.05, 4.69) is 0 Å². The zero-order valence-corrected chi connectivity index (χ0v) is 10.5. The average Bonchev–Trinajstić information content (AvgIpc) is 2.40. The van der Waals surface area contributed by atoms with E-state index in [1.165, 1.54) is 0 Å². The summed E-state index contributed by atoms with van der Waals surface area (Å²) in [5.74, 6) is -0.693. The molecule has 1 aromatic carbocycles. The third-order valence-corrected chi connectivity index (χ3v) is 2.86. The number of hydrogen-bond donors (Lipinski definition) is 0. The highest BCUT2D eigenvalue weighted by atomic mass is 19.4. The number of aromatic nitrogens is 1. The van der Waals surface area contributed by atoms with Crippen LogP contribution in [0.2, 0.25) is 0 Å². The zero-order valence-electron chi connectivity index (χ0n) is 10.5. The predicted octanol–water partition coefficient (Wildman–Crippen LogP) is 2.93. The number of pyridine rings is 1. The molecule has 0 unspecified atom stereocenters. The van der Waals surface area contributed by atoms with E-state index in [1.807, 2.05) is 0 Å². The van der Waals surface area contributed by atoms with Crippen molar-refractivity contribution < 1.29 is 17.6 Å². The lowest BCUT2D eigenvalue weighted by Gasteiger charge is -2.15. The van der Waals surface area contributed by atoms with Crippen LogP contribution in [0.1, 0.15) is 16.8 Å². The number of benzene rings is 1. The highest BCUT2D eigenvalue weighted by Gasteiger charge is 2.34. The van der Waals surface area contributed by atoms with E-state index in [9.17, 15) is 22.4 Å². The van der Waals surface area contributed by atoms with Crippen molar-refractivity contribution >= 4 is 0 Å². The molecule has 0 amide bonds. The minimum atomic E-state index is -4.72. The number of halogens is 4. The number of hydrogen-bond acceptors (Lipinski definition) is 2. The first kappa shape index (κ1) is 14.8. The quantitative estimate of drug-likeness (QED) is 0.800. The van der Waals surface area contributed by atoms with Gasteiger partial charge >= 0.3 is 6.18 Å². The molecule has 0 aliphatic heterocycles. The molecule has 0 saturated heterocycles. The molecule has 0 radical (unpaired) electrons. The first-order valence-corrected chi connectivity index (χ1v) is 5.78. The molecule has 3 nitrogen and oxygen atoms in total. The van der Waals surface area contributed by atoms with Crippen molar-refractivity contribution in [2.24, 2.45) is 0 Å². The molecule has 0 bridgehead atoms. The Hall–Kier alpha value is -2.62. The molecular formula is C14H8F4N2O. The van der Waals surface area contributed by atoms with Crippen LogP contribution in [0.3, 0.4) is 0 Å². The lowest BCUT2D eigenvalue weighted by atomic mass is 10.1. The number of nitrogens with zero attached hydrogens (tertiary/aromatic N) is 2. The monoisotopic (exact) mass is 296 g/mol. The van der Waals surface area contributed by atoms with Crippen LogP contribution in [0, 0.1) is 17.1 Å². The van der Waals surface area contributed by atoms with Crippen LogP contribution >= 0.6 is 0 Å². The van der Waals surface area contributed by atoms with E-state index < -0.39 is 29.8 Å². The average molecular weight is 296 g/mol. The predicted molar refractivity (Wildman–Crippen MR) is 65.9 cm³/mol. The molecule has 0 aliphatic rings. The van der Waals surface area contributed by atoms with Gasteiger partial charge in [-0.25, -0.2) is 4.39 Å². The fourth-order valence-corrected chi connectivity index (χ4v) is 1.90. The summed E-state index contributed by atoms with van der Waals surface area (Å²) in [6.45, 7) is -0.533. The van der Waals surface area contributed by atoms with Crippen LogP contribution in [0.15, 0.2) is 41.2 Å². The van der Waals surface area contributed by atoms with Crippen molar-refractivity contribution in [1.29, 1.82) is 5.26 Å². The van der Waals surface area contributed by atoms with E-state index in [0.29, 0.717) is 4.57 Å². The largest absolute Gasteiger partial charge is 0.431 e. The molecule has 0 saturated carbocycles. The van der Waals surface area contributed by atoms with Crippen molar-refractivity contribution in [2.45, 2.75) is 12.7 Å². The van der Waals surface area contributed by atoms with Crippen LogP contribution in [-0.4, -0.2) is 4.57 Å². The van der Waals surface area contributed by atoms with Crippen molar-refractivity contribution in [3.05, 3.63) is 69.4 Å². The highest BCUT2D eigenvalue weighted by Crippen LogP contribution is 2.28. The Morgan fingerprint density at radius 2 is 1.90 bits per heavy atom. The Labute approximate surface area is 116 Å². The Balaban J connectivity index is 2.58. The summed E-state index contributed by atoms with van der Waals surface area (Å²) in [6, 6.07) is 7.61. The van der Waals surface area contributed by atoms with Crippen LogP contribution in [0.25, 0.3) is 0 Å². The third kappa shape index (κ3) is 3.11. The van der Waals surface area contributed by atoms with E-state index in [-0.39, 0.29) is 11.1 Å². The van der Waals surface area contributed by atoms with Gasteiger partial charge in [0.15, 0.2) is 0 Å².